The molecule has 1 rings (SSSR count). The number of nitrogens with zero attached hydrogens (tertiary/aromatic N) is 1. The molecule has 0 saturated carbocycles. The van der Waals surface area contributed by atoms with Gasteiger partial charge in [-0.25, -0.2) is 0 Å². The third-order valence-electron chi connectivity index (χ3n) is 3.12. The van der Waals surface area contributed by atoms with Crippen LogP contribution < -0.4 is 15.2 Å². The van der Waals surface area contributed by atoms with Gasteiger partial charge in [0.25, 0.3) is 0 Å². The van der Waals surface area contributed by atoms with Crippen molar-refractivity contribution in [2.45, 2.75) is 13.5 Å². The van der Waals surface area contributed by atoms with Crippen molar-refractivity contribution in [1.29, 1.82) is 0 Å². The molecule has 1 aromatic rings. The molecule has 5 nitrogen and oxygen atoms in total. The first-order chi connectivity index (χ1) is 9.74. The van der Waals surface area contributed by atoms with Crippen LogP contribution in [0.5, 0.6) is 11.5 Å². The molecule has 0 aliphatic heterocycles. The quantitative estimate of drug-likeness (QED) is 0.659. The van der Waals surface area contributed by atoms with Crippen molar-refractivity contribution in [2.75, 3.05) is 47.1 Å². The van der Waals surface area contributed by atoms with Gasteiger partial charge in [0.05, 0.1) is 27.4 Å². The van der Waals surface area contributed by atoms with E-state index >= 15 is 0 Å². The fraction of sp³-hybridized carbons (Fsp3) is 0.600. The summed E-state index contributed by atoms with van der Waals surface area (Å²) in [6.45, 7) is 6.77. The molecule has 0 saturated heterocycles. The summed E-state index contributed by atoms with van der Waals surface area (Å²) >= 11 is 0. The second kappa shape index (κ2) is 9.58. The van der Waals surface area contributed by atoms with Crippen LogP contribution in [0.3, 0.4) is 0 Å². The van der Waals surface area contributed by atoms with Crippen molar-refractivity contribution >= 4 is 0 Å². The van der Waals surface area contributed by atoms with Crippen molar-refractivity contribution in [3.05, 3.63) is 23.8 Å². The van der Waals surface area contributed by atoms with E-state index in [2.05, 4.69) is 17.9 Å². The van der Waals surface area contributed by atoms with Gasteiger partial charge in [-0.15, -0.1) is 0 Å². The van der Waals surface area contributed by atoms with Crippen molar-refractivity contribution in [3.8, 4) is 11.5 Å². The topological polar surface area (TPSA) is 57.0 Å². The third-order valence-corrected chi connectivity index (χ3v) is 3.12. The summed E-state index contributed by atoms with van der Waals surface area (Å²) in [6.07, 6.45) is 0. The molecule has 0 aromatic heterocycles. The normalized spacial score (nSPS) is 10.8. The standard InChI is InChI=1S/C15H26N2O3/c1-4-17(8-10-20-9-7-16)12-13-5-6-14(18-2)15(11-13)19-3/h5-6,11H,4,7-10,12,16H2,1-3H3. The van der Waals surface area contributed by atoms with Crippen molar-refractivity contribution in [2.24, 2.45) is 5.73 Å². The summed E-state index contributed by atoms with van der Waals surface area (Å²) < 4.78 is 16.0. The van der Waals surface area contributed by atoms with Gasteiger partial charge in [-0.1, -0.05) is 13.0 Å². The lowest BCUT2D eigenvalue weighted by atomic mass is 10.2. The Bertz CT molecular complexity index is 385. The van der Waals surface area contributed by atoms with Gasteiger partial charge in [-0.3, -0.25) is 4.90 Å². The summed E-state index contributed by atoms with van der Waals surface area (Å²) in [4.78, 5) is 2.32. The average molecular weight is 282 g/mol. The largest absolute Gasteiger partial charge is 0.493 e. The van der Waals surface area contributed by atoms with E-state index in [1.165, 1.54) is 5.56 Å². The van der Waals surface area contributed by atoms with Gasteiger partial charge in [0.1, 0.15) is 0 Å². The van der Waals surface area contributed by atoms with Gasteiger partial charge in [0.15, 0.2) is 11.5 Å². The summed E-state index contributed by atoms with van der Waals surface area (Å²) in [5.41, 5.74) is 6.59. The third kappa shape index (κ3) is 5.36. The van der Waals surface area contributed by atoms with Crippen LogP contribution in [0.15, 0.2) is 18.2 Å². The maximum atomic E-state index is 5.42. The van der Waals surface area contributed by atoms with Crippen LogP contribution >= 0.6 is 0 Å². The minimum Gasteiger partial charge on any atom is -0.493 e. The number of likely N-dealkylation sites (N-methyl/N-ethyl adjacent to an activating group) is 1. The van der Waals surface area contributed by atoms with Gasteiger partial charge < -0.3 is 19.9 Å². The summed E-state index contributed by atoms with van der Waals surface area (Å²) in [7, 11) is 3.30. The van der Waals surface area contributed by atoms with Crippen LogP contribution in [0.1, 0.15) is 12.5 Å². The highest BCUT2D eigenvalue weighted by molar-refractivity contribution is 5.42. The first-order valence-electron chi connectivity index (χ1n) is 6.96. The molecule has 1 aromatic carbocycles. The van der Waals surface area contributed by atoms with Crippen LogP contribution in [0.4, 0.5) is 0 Å². The highest BCUT2D eigenvalue weighted by Gasteiger charge is 2.08. The predicted octanol–water partition coefficient (Wildman–Crippen LogP) is 1.50. The highest BCUT2D eigenvalue weighted by atomic mass is 16.5. The Morgan fingerprint density at radius 2 is 1.85 bits per heavy atom. The molecule has 0 spiro atoms. The molecule has 0 heterocycles. The molecule has 0 atom stereocenters. The molecule has 0 bridgehead atoms. The zero-order valence-corrected chi connectivity index (χ0v) is 12.7. The zero-order valence-electron chi connectivity index (χ0n) is 12.7. The van der Waals surface area contributed by atoms with Crippen molar-refractivity contribution < 1.29 is 14.2 Å². The first-order valence-corrected chi connectivity index (χ1v) is 6.96. The Balaban J connectivity index is 2.56. The first kappa shape index (κ1) is 16.8. The molecule has 114 valence electrons. The molecule has 20 heavy (non-hydrogen) atoms. The number of hydrogen-bond donors (Lipinski definition) is 1. The van der Waals surface area contributed by atoms with E-state index in [1.54, 1.807) is 14.2 Å². The number of ether oxygens (including phenoxy) is 3. The maximum absolute atomic E-state index is 5.42. The molecule has 0 aliphatic carbocycles. The zero-order chi connectivity index (χ0) is 14.8. The van der Waals surface area contributed by atoms with Crippen LogP contribution in [0, 0.1) is 0 Å². The maximum Gasteiger partial charge on any atom is 0.161 e. The summed E-state index contributed by atoms with van der Waals surface area (Å²) in [5.74, 6) is 1.52. The smallest absolute Gasteiger partial charge is 0.161 e. The van der Waals surface area contributed by atoms with E-state index in [-0.39, 0.29) is 0 Å². The monoisotopic (exact) mass is 282 g/mol. The molecule has 0 unspecified atom stereocenters. The molecule has 2 N–H and O–H groups in total. The minimum absolute atomic E-state index is 0.571. The van der Waals surface area contributed by atoms with E-state index in [0.717, 1.165) is 31.1 Å². The van der Waals surface area contributed by atoms with Crippen molar-refractivity contribution in [3.63, 3.8) is 0 Å². The van der Waals surface area contributed by atoms with Crippen LogP contribution in [-0.4, -0.2) is 52.0 Å². The van der Waals surface area contributed by atoms with Gasteiger partial charge in [-0.05, 0) is 24.2 Å². The van der Waals surface area contributed by atoms with Gasteiger partial charge in [0, 0.05) is 19.6 Å². The number of methoxy groups -OCH3 is 2. The Morgan fingerprint density at radius 3 is 2.45 bits per heavy atom. The van der Waals surface area contributed by atoms with Crippen LogP contribution in [0.25, 0.3) is 0 Å². The fourth-order valence-corrected chi connectivity index (χ4v) is 1.97. The SMILES string of the molecule is CCN(CCOCCN)Cc1ccc(OC)c(OC)c1. The molecule has 5 heteroatoms. The number of hydrogen-bond acceptors (Lipinski definition) is 5. The van der Waals surface area contributed by atoms with Gasteiger partial charge in [0.2, 0.25) is 0 Å². The number of nitrogens with two attached hydrogens (primary N) is 1. The van der Waals surface area contributed by atoms with Crippen molar-refractivity contribution in [1.82, 2.24) is 4.90 Å². The molecule has 0 aliphatic rings. The molecule has 0 amide bonds. The second-order valence-corrected chi connectivity index (χ2v) is 4.46. The molecule has 0 fully saturated rings. The lowest BCUT2D eigenvalue weighted by Crippen LogP contribution is -2.27. The number of rotatable bonds is 10. The van der Waals surface area contributed by atoms with E-state index in [1.807, 2.05) is 12.1 Å². The van der Waals surface area contributed by atoms with Crippen LogP contribution in [0.2, 0.25) is 0 Å². The average Bonchev–Trinajstić information content (AvgIpc) is 2.50. The molecular weight excluding hydrogens is 256 g/mol. The Hall–Kier alpha value is -1.30. The predicted molar refractivity (Wildman–Crippen MR) is 80.4 cm³/mol. The Kier molecular flexibility index (Phi) is 8.02. The highest BCUT2D eigenvalue weighted by Crippen LogP contribution is 2.27. The van der Waals surface area contributed by atoms with E-state index < -0.39 is 0 Å². The van der Waals surface area contributed by atoms with Gasteiger partial charge >= 0.3 is 0 Å². The lowest BCUT2D eigenvalue weighted by molar-refractivity contribution is 0.108. The van der Waals surface area contributed by atoms with Crippen LogP contribution in [-0.2, 0) is 11.3 Å². The van der Waals surface area contributed by atoms with E-state index in [4.69, 9.17) is 19.9 Å². The fourth-order valence-electron chi connectivity index (χ4n) is 1.97. The Labute approximate surface area is 121 Å². The molecule has 0 radical (unpaired) electrons. The second-order valence-electron chi connectivity index (χ2n) is 4.46. The summed E-state index contributed by atoms with van der Waals surface area (Å²) in [6, 6.07) is 6.01. The molecular formula is C15H26N2O3. The lowest BCUT2D eigenvalue weighted by Gasteiger charge is -2.21. The summed E-state index contributed by atoms with van der Waals surface area (Å²) in [5, 5.41) is 0. The minimum atomic E-state index is 0.571. The Morgan fingerprint density at radius 1 is 1.10 bits per heavy atom. The number of benzene rings is 1. The van der Waals surface area contributed by atoms with Gasteiger partial charge in [-0.2, -0.15) is 0 Å². The van der Waals surface area contributed by atoms with E-state index in [9.17, 15) is 0 Å². The van der Waals surface area contributed by atoms with E-state index in [0.29, 0.717) is 19.8 Å².